The number of amides is 3. The van der Waals surface area contributed by atoms with Crippen molar-refractivity contribution >= 4 is 17.9 Å². The summed E-state index contributed by atoms with van der Waals surface area (Å²) in [6.07, 6.45) is 5.73. The third-order valence-electron chi connectivity index (χ3n) is 6.17. The van der Waals surface area contributed by atoms with E-state index in [0.29, 0.717) is 45.7 Å². The Morgan fingerprint density at radius 3 is 2.03 bits per heavy atom. The van der Waals surface area contributed by atoms with E-state index in [2.05, 4.69) is 4.90 Å². The fourth-order valence-electron chi connectivity index (χ4n) is 4.51. The average Bonchev–Trinajstić information content (AvgIpc) is 3.02. The molecule has 1 atom stereocenters. The van der Waals surface area contributed by atoms with Gasteiger partial charge in [0.2, 0.25) is 11.8 Å². The van der Waals surface area contributed by atoms with Crippen LogP contribution in [0.4, 0.5) is 4.79 Å². The van der Waals surface area contributed by atoms with E-state index in [1.54, 1.807) is 4.90 Å². The van der Waals surface area contributed by atoms with E-state index in [1.807, 2.05) is 30.6 Å². The number of carbonyl (C=O) groups is 3. The van der Waals surface area contributed by atoms with Crippen LogP contribution in [0.3, 0.4) is 0 Å². The van der Waals surface area contributed by atoms with E-state index in [1.165, 1.54) is 12.8 Å². The Morgan fingerprint density at radius 1 is 0.800 bits per heavy atom. The van der Waals surface area contributed by atoms with Crippen molar-refractivity contribution < 1.29 is 19.1 Å². The van der Waals surface area contributed by atoms with Gasteiger partial charge in [-0.15, -0.1) is 0 Å². The summed E-state index contributed by atoms with van der Waals surface area (Å²) in [6, 6.07) is -0.426. The van der Waals surface area contributed by atoms with Crippen LogP contribution in [0.1, 0.15) is 59.3 Å². The third kappa shape index (κ3) is 6.09. The SMILES string of the molecule is CC(C)(C)OC(=O)N1CCC[C@H]1C(=O)N1CCN(CC(=O)N2CCCCCC2)CC1. The zero-order chi connectivity index (χ0) is 21.7. The summed E-state index contributed by atoms with van der Waals surface area (Å²) in [5.41, 5.74) is -0.571. The van der Waals surface area contributed by atoms with Crippen molar-refractivity contribution in [3.63, 3.8) is 0 Å². The summed E-state index contributed by atoms with van der Waals surface area (Å²) < 4.78 is 5.48. The van der Waals surface area contributed by atoms with E-state index in [4.69, 9.17) is 4.74 Å². The van der Waals surface area contributed by atoms with Crippen molar-refractivity contribution in [1.82, 2.24) is 19.6 Å². The molecule has 30 heavy (non-hydrogen) atoms. The Bertz CT molecular complexity index is 617. The minimum absolute atomic E-state index is 0.0110. The maximum atomic E-state index is 13.1. The van der Waals surface area contributed by atoms with Gasteiger partial charge in [0.25, 0.3) is 0 Å². The monoisotopic (exact) mass is 422 g/mol. The molecular weight excluding hydrogens is 384 g/mol. The maximum absolute atomic E-state index is 13.1. The lowest BCUT2D eigenvalue weighted by atomic mass is 10.1. The zero-order valence-corrected chi connectivity index (χ0v) is 18.9. The van der Waals surface area contributed by atoms with E-state index >= 15 is 0 Å². The summed E-state index contributed by atoms with van der Waals surface area (Å²) >= 11 is 0. The number of carbonyl (C=O) groups excluding carboxylic acids is 3. The molecule has 3 fully saturated rings. The van der Waals surface area contributed by atoms with Gasteiger partial charge in [-0.1, -0.05) is 12.8 Å². The molecule has 3 heterocycles. The fraction of sp³-hybridized carbons (Fsp3) is 0.864. The van der Waals surface area contributed by atoms with Crippen molar-refractivity contribution in [2.45, 2.75) is 70.9 Å². The van der Waals surface area contributed by atoms with E-state index < -0.39 is 17.7 Å². The quantitative estimate of drug-likeness (QED) is 0.695. The van der Waals surface area contributed by atoms with Gasteiger partial charge in [0.15, 0.2) is 0 Å². The molecule has 0 aromatic carbocycles. The van der Waals surface area contributed by atoms with Gasteiger partial charge in [0.05, 0.1) is 6.54 Å². The van der Waals surface area contributed by atoms with Gasteiger partial charge in [-0.05, 0) is 46.5 Å². The summed E-state index contributed by atoms with van der Waals surface area (Å²) in [5, 5.41) is 0. The first kappa shape index (κ1) is 22.8. The highest BCUT2D eigenvalue weighted by molar-refractivity contribution is 5.86. The Labute approximate surface area is 180 Å². The van der Waals surface area contributed by atoms with Gasteiger partial charge in [-0.3, -0.25) is 19.4 Å². The van der Waals surface area contributed by atoms with Crippen LogP contribution in [0.15, 0.2) is 0 Å². The van der Waals surface area contributed by atoms with Crippen LogP contribution in [0.2, 0.25) is 0 Å². The molecule has 8 heteroatoms. The van der Waals surface area contributed by atoms with Gasteiger partial charge in [0, 0.05) is 45.8 Å². The normalized spacial score (nSPS) is 24.0. The largest absolute Gasteiger partial charge is 0.444 e. The highest BCUT2D eigenvalue weighted by atomic mass is 16.6. The van der Waals surface area contributed by atoms with Crippen molar-refractivity contribution in [3.8, 4) is 0 Å². The second-order valence-electron chi connectivity index (χ2n) is 9.73. The number of nitrogens with zero attached hydrogens (tertiary/aromatic N) is 4. The summed E-state index contributed by atoms with van der Waals surface area (Å²) in [6.45, 7) is 10.9. The topological polar surface area (TPSA) is 73.4 Å². The third-order valence-corrected chi connectivity index (χ3v) is 6.17. The molecule has 170 valence electrons. The van der Waals surface area contributed by atoms with Crippen LogP contribution in [0.5, 0.6) is 0 Å². The summed E-state index contributed by atoms with van der Waals surface area (Å²) in [4.78, 5) is 45.8. The van der Waals surface area contributed by atoms with Crippen molar-refractivity contribution in [2.75, 3.05) is 52.4 Å². The smallest absolute Gasteiger partial charge is 0.410 e. The van der Waals surface area contributed by atoms with Crippen molar-refractivity contribution in [3.05, 3.63) is 0 Å². The molecule has 3 saturated heterocycles. The minimum Gasteiger partial charge on any atom is -0.444 e. The highest BCUT2D eigenvalue weighted by Crippen LogP contribution is 2.23. The molecule has 3 aliphatic rings. The number of hydrogen-bond donors (Lipinski definition) is 0. The molecule has 3 rings (SSSR count). The van der Waals surface area contributed by atoms with Crippen LogP contribution in [-0.4, -0.2) is 102 Å². The minimum atomic E-state index is -0.571. The Kier molecular flexibility index (Phi) is 7.60. The number of piperazine rings is 1. The van der Waals surface area contributed by atoms with Gasteiger partial charge in [-0.25, -0.2) is 4.79 Å². The summed E-state index contributed by atoms with van der Waals surface area (Å²) in [5.74, 6) is 0.223. The van der Waals surface area contributed by atoms with Crippen LogP contribution in [0.25, 0.3) is 0 Å². The second-order valence-corrected chi connectivity index (χ2v) is 9.73. The lowest BCUT2D eigenvalue weighted by Crippen LogP contribution is -2.56. The molecule has 0 aromatic heterocycles. The van der Waals surface area contributed by atoms with E-state index in [9.17, 15) is 14.4 Å². The molecule has 0 bridgehead atoms. The van der Waals surface area contributed by atoms with Crippen LogP contribution < -0.4 is 0 Å². The molecule has 0 spiro atoms. The Hall–Kier alpha value is -1.83. The van der Waals surface area contributed by atoms with Gasteiger partial charge < -0.3 is 14.5 Å². The number of likely N-dealkylation sites (tertiary alicyclic amines) is 2. The fourth-order valence-corrected chi connectivity index (χ4v) is 4.51. The molecule has 0 saturated carbocycles. The van der Waals surface area contributed by atoms with Gasteiger partial charge in [-0.2, -0.15) is 0 Å². The highest BCUT2D eigenvalue weighted by Gasteiger charge is 2.39. The standard InChI is InChI=1S/C22H38N4O4/c1-22(2,3)30-21(29)26-12-8-9-18(26)20(28)25-15-13-23(14-16-25)17-19(27)24-10-6-4-5-7-11-24/h18H,4-17H2,1-3H3/t18-/m0/s1. The number of ether oxygens (including phenoxy) is 1. The van der Waals surface area contributed by atoms with E-state index in [-0.39, 0.29) is 11.8 Å². The molecule has 3 aliphatic heterocycles. The predicted molar refractivity (Wildman–Crippen MR) is 114 cm³/mol. The average molecular weight is 423 g/mol. The van der Waals surface area contributed by atoms with Gasteiger partial charge >= 0.3 is 6.09 Å². The van der Waals surface area contributed by atoms with E-state index in [0.717, 1.165) is 32.4 Å². The van der Waals surface area contributed by atoms with Crippen molar-refractivity contribution in [2.24, 2.45) is 0 Å². The molecule has 3 amide bonds. The molecule has 0 aromatic rings. The molecule has 0 unspecified atom stereocenters. The molecule has 0 N–H and O–H groups in total. The molecule has 0 radical (unpaired) electrons. The predicted octanol–water partition coefficient (Wildman–Crippen LogP) is 1.93. The number of hydrogen-bond acceptors (Lipinski definition) is 5. The Balaban J connectivity index is 1.47. The second kappa shape index (κ2) is 9.98. The molecule has 0 aliphatic carbocycles. The lowest BCUT2D eigenvalue weighted by molar-refractivity contribution is -0.138. The first-order valence-electron chi connectivity index (χ1n) is 11.5. The first-order chi connectivity index (χ1) is 14.2. The van der Waals surface area contributed by atoms with Crippen LogP contribution in [0, 0.1) is 0 Å². The number of rotatable bonds is 3. The van der Waals surface area contributed by atoms with Gasteiger partial charge in [0.1, 0.15) is 11.6 Å². The van der Waals surface area contributed by atoms with Crippen LogP contribution in [-0.2, 0) is 14.3 Å². The zero-order valence-electron chi connectivity index (χ0n) is 18.9. The van der Waals surface area contributed by atoms with Crippen LogP contribution >= 0.6 is 0 Å². The first-order valence-corrected chi connectivity index (χ1v) is 11.5. The van der Waals surface area contributed by atoms with Crippen molar-refractivity contribution in [1.29, 1.82) is 0 Å². The maximum Gasteiger partial charge on any atom is 0.410 e. The molecular formula is C22H38N4O4. The lowest BCUT2D eigenvalue weighted by Gasteiger charge is -2.37. The summed E-state index contributed by atoms with van der Waals surface area (Å²) in [7, 11) is 0. The Morgan fingerprint density at radius 2 is 1.43 bits per heavy atom. The molecule has 8 nitrogen and oxygen atoms in total.